The van der Waals surface area contributed by atoms with Crippen molar-refractivity contribution in [3.8, 4) is 5.95 Å². The topological polar surface area (TPSA) is 200 Å². The number of aliphatic hydroxyl groups is 3. The van der Waals surface area contributed by atoms with Crippen molar-refractivity contribution in [3.63, 3.8) is 0 Å². The maximum Gasteiger partial charge on any atom is 0.254 e. The van der Waals surface area contributed by atoms with Crippen LogP contribution in [-0.4, -0.2) is 75.4 Å². The molecule has 0 saturated carbocycles. The first kappa shape index (κ1) is 17.3. The maximum atomic E-state index is 11.2. The number of carbonyl (C=O) groups is 1. The lowest BCUT2D eigenvalue weighted by Gasteiger charge is -2.16. The largest absolute Gasteiger partial charge is 0.394 e. The van der Waals surface area contributed by atoms with Gasteiger partial charge in [0, 0.05) is 6.20 Å². The van der Waals surface area contributed by atoms with E-state index in [1.807, 2.05) is 0 Å². The molecule has 0 bridgehead atoms. The normalized spacial score (nSPS) is 25.3. The van der Waals surface area contributed by atoms with E-state index in [1.165, 1.54) is 28.0 Å². The van der Waals surface area contributed by atoms with Crippen molar-refractivity contribution in [1.29, 1.82) is 0 Å². The van der Waals surface area contributed by atoms with E-state index in [0.717, 1.165) is 0 Å². The van der Waals surface area contributed by atoms with Crippen LogP contribution >= 0.6 is 0 Å². The Morgan fingerprint density at radius 2 is 2.07 bits per heavy atom. The molecule has 3 aromatic rings. The van der Waals surface area contributed by atoms with E-state index in [9.17, 15) is 20.1 Å². The number of nitrogen functional groups attached to an aromatic ring is 1. The Morgan fingerprint density at radius 3 is 2.70 bits per heavy atom. The Morgan fingerprint density at radius 1 is 1.30 bits per heavy atom. The third-order valence-corrected chi connectivity index (χ3v) is 4.30. The maximum absolute atomic E-state index is 11.2. The molecule has 0 aliphatic carbocycles. The van der Waals surface area contributed by atoms with E-state index in [1.54, 1.807) is 0 Å². The van der Waals surface area contributed by atoms with E-state index in [0.29, 0.717) is 0 Å². The summed E-state index contributed by atoms with van der Waals surface area (Å²) in [5.74, 6) is -0.579. The molecular formula is C14H16N8O5. The van der Waals surface area contributed by atoms with E-state index in [4.69, 9.17) is 16.2 Å². The molecule has 13 heteroatoms. The van der Waals surface area contributed by atoms with Gasteiger partial charge in [0.05, 0.1) is 24.7 Å². The van der Waals surface area contributed by atoms with Gasteiger partial charge in [0.2, 0.25) is 0 Å². The summed E-state index contributed by atoms with van der Waals surface area (Å²) in [5.41, 5.74) is 11.8. The summed E-state index contributed by atoms with van der Waals surface area (Å²) in [6.07, 6.45) is -0.650. The van der Waals surface area contributed by atoms with Crippen LogP contribution in [0.4, 0.5) is 5.82 Å². The molecule has 1 amide bonds. The van der Waals surface area contributed by atoms with Gasteiger partial charge in [0.1, 0.15) is 23.8 Å². The fourth-order valence-corrected chi connectivity index (χ4v) is 2.88. The van der Waals surface area contributed by atoms with Crippen molar-refractivity contribution in [2.45, 2.75) is 24.5 Å². The Labute approximate surface area is 150 Å². The van der Waals surface area contributed by atoms with Crippen LogP contribution in [0.5, 0.6) is 0 Å². The monoisotopic (exact) mass is 376 g/mol. The first-order valence-corrected chi connectivity index (χ1v) is 7.88. The molecule has 0 spiro atoms. The molecule has 0 aromatic carbocycles. The second kappa shape index (κ2) is 6.24. The van der Waals surface area contributed by atoms with Crippen molar-refractivity contribution < 1.29 is 24.9 Å². The lowest BCUT2D eigenvalue weighted by Crippen LogP contribution is -2.33. The van der Waals surface area contributed by atoms with Gasteiger partial charge in [-0.25, -0.2) is 9.67 Å². The summed E-state index contributed by atoms with van der Waals surface area (Å²) < 4.78 is 8.08. The van der Waals surface area contributed by atoms with Crippen LogP contribution in [0.15, 0.2) is 18.7 Å². The number of carbonyl (C=O) groups excluding carboxylic acids is 1. The number of nitrogens with zero attached hydrogens (tertiary/aromatic N) is 6. The highest BCUT2D eigenvalue weighted by molar-refractivity contribution is 5.92. The molecule has 1 saturated heterocycles. The summed E-state index contributed by atoms with van der Waals surface area (Å²) in [6, 6.07) is 0. The van der Waals surface area contributed by atoms with Crippen LogP contribution in [-0.2, 0) is 4.74 Å². The minimum Gasteiger partial charge on any atom is -0.394 e. The highest BCUT2D eigenvalue weighted by Crippen LogP contribution is 2.32. The third-order valence-electron chi connectivity index (χ3n) is 4.30. The first-order valence-electron chi connectivity index (χ1n) is 7.88. The number of nitrogens with two attached hydrogens (primary N) is 2. The summed E-state index contributed by atoms with van der Waals surface area (Å²) in [4.78, 5) is 23.8. The molecule has 13 nitrogen and oxygen atoms in total. The zero-order valence-electron chi connectivity index (χ0n) is 13.7. The molecule has 1 aliphatic heterocycles. The first-order chi connectivity index (χ1) is 12.9. The van der Waals surface area contributed by atoms with E-state index in [-0.39, 0.29) is 28.5 Å². The number of anilines is 1. The molecule has 1 fully saturated rings. The van der Waals surface area contributed by atoms with Gasteiger partial charge in [0.25, 0.3) is 11.9 Å². The molecule has 4 heterocycles. The second-order valence-corrected chi connectivity index (χ2v) is 6.00. The van der Waals surface area contributed by atoms with Crippen molar-refractivity contribution in [3.05, 3.63) is 24.3 Å². The number of hydrogen-bond donors (Lipinski definition) is 5. The quantitative estimate of drug-likeness (QED) is 0.319. The van der Waals surface area contributed by atoms with Crippen LogP contribution in [0, 0.1) is 0 Å². The lowest BCUT2D eigenvalue weighted by molar-refractivity contribution is -0.0511. The predicted molar refractivity (Wildman–Crippen MR) is 88.4 cm³/mol. The fourth-order valence-electron chi connectivity index (χ4n) is 2.88. The average molecular weight is 376 g/mol. The molecule has 0 radical (unpaired) electrons. The van der Waals surface area contributed by atoms with Crippen LogP contribution in [0.3, 0.4) is 0 Å². The molecule has 4 rings (SSSR count). The van der Waals surface area contributed by atoms with Crippen molar-refractivity contribution >= 4 is 22.9 Å². The smallest absolute Gasteiger partial charge is 0.254 e. The average Bonchev–Trinajstić information content (AvgIpc) is 3.34. The van der Waals surface area contributed by atoms with Gasteiger partial charge in [0.15, 0.2) is 17.7 Å². The lowest BCUT2D eigenvalue weighted by atomic mass is 10.1. The van der Waals surface area contributed by atoms with Gasteiger partial charge in [-0.1, -0.05) is 0 Å². The molecule has 27 heavy (non-hydrogen) atoms. The fraction of sp³-hybridized carbons (Fsp3) is 0.357. The molecule has 0 unspecified atom stereocenters. The number of hydrogen-bond acceptors (Lipinski definition) is 10. The van der Waals surface area contributed by atoms with E-state index >= 15 is 0 Å². The molecular weight excluding hydrogens is 360 g/mol. The number of amides is 1. The Hall–Kier alpha value is -3.13. The van der Waals surface area contributed by atoms with Crippen LogP contribution in [0.1, 0.15) is 16.6 Å². The number of aromatic nitrogens is 6. The number of imidazole rings is 1. The number of aliphatic hydroxyl groups excluding tert-OH is 3. The highest BCUT2D eigenvalue weighted by Gasteiger charge is 2.44. The molecule has 4 atom stereocenters. The summed E-state index contributed by atoms with van der Waals surface area (Å²) in [7, 11) is 0. The number of ether oxygens (including phenoxy) is 1. The Kier molecular flexibility index (Phi) is 4.00. The third kappa shape index (κ3) is 2.69. The molecule has 142 valence electrons. The SMILES string of the molecule is NC(=O)c1cnn(-c2nc(N)c3ncn([C@@H]4O[C@H](CO)[C@@H](O)[C@@H]4O)c3n2)c1. The van der Waals surface area contributed by atoms with E-state index < -0.39 is 37.1 Å². The van der Waals surface area contributed by atoms with Gasteiger partial charge >= 0.3 is 0 Å². The zero-order chi connectivity index (χ0) is 19.3. The minimum absolute atomic E-state index is 0.0385. The zero-order valence-corrected chi connectivity index (χ0v) is 13.7. The minimum atomic E-state index is -1.31. The van der Waals surface area contributed by atoms with Gasteiger partial charge in [-0.15, -0.1) is 0 Å². The van der Waals surface area contributed by atoms with Gasteiger partial charge in [-0.05, 0) is 0 Å². The Bertz CT molecular complexity index is 1020. The van der Waals surface area contributed by atoms with E-state index in [2.05, 4.69) is 20.1 Å². The second-order valence-electron chi connectivity index (χ2n) is 6.00. The number of primary amides is 1. The predicted octanol–water partition coefficient (Wildman–Crippen LogP) is -2.70. The number of rotatable bonds is 4. The summed E-state index contributed by atoms with van der Waals surface area (Å²) in [5, 5.41) is 33.4. The van der Waals surface area contributed by atoms with Gasteiger partial charge < -0.3 is 31.5 Å². The highest BCUT2D eigenvalue weighted by atomic mass is 16.6. The van der Waals surface area contributed by atoms with Crippen molar-refractivity contribution in [2.24, 2.45) is 5.73 Å². The van der Waals surface area contributed by atoms with Crippen molar-refractivity contribution in [1.82, 2.24) is 29.3 Å². The molecule has 7 N–H and O–H groups in total. The van der Waals surface area contributed by atoms with Crippen LogP contribution in [0.2, 0.25) is 0 Å². The molecule has 1 aliphatic rings. The number of fused-ring (bicyclic) bond motifs is 1. The Balaban J connectivity index is 1.80. The summed E-state index contributed by atoms with van der Waals surface area (Å²) >= 11 is 0. The molecule has 3 aromatic heterocycles. The van der Waals surface area contributed by atoms with Gasteiger partial charge in [-0.3, -0.25) is 9.36 Å². The summed E-state index contributed by atoms with van der Waals surface area (Å²) in [6.45, 7) is -0.465. The van der Waals surface area contributed by atoms with Crippen LogP contribution < -0.4 is 11.5 Å². The van der Waals surface area contributed by atoms with Crippen molar-refractivity contribution in [2.75, 3.05) is 12.3 Å². The van der Waals surface area contributed by atoms with Crippen LogP contribution in [0.25, 0.3) is 17.1 Å². The standard InChI is InChI=1S/C14H16N8O5/c15-10-7-12(20-14(19-10)22-2-5(1-18-22)11(16)26)21(4-17-7)13-9(25)8(24)6(3-23)27-13/h1-2,4,6,8-9,13,23-25H,3H2,(H2,16,26)(H2,15,19,20)/t6-,8-,9+,13-/m1/s1. The van der Waals surface area contributed by atoms with Gasteiger partial charge in [-0.2, -0.15) is 15.1 Å².